The molecule has 0 saturated heterocycles. The second-order valence-corrected chi connectivity index (χ2v) is 2.54. The maximum absolute atomic E-state index is 4.93. The molecule has 0 aliphatic rings. The van der Waals surface area contributed by atoms with Crippen LogP contribution < -0.4 is 0 Å². The fourth-order valence-corrected chi connectivity index (χ4v) is 0.602. The van der Waals surface area contributed by atoms with Crippen LogP contribution in [0.2, 0.25) is 0 Å². The van der Waals surface area contributed by atoms with Crippen LogP contribution in [0.3, 0.4) is 0 Å². The van der Waals surface area contributed by atoms with Crippen molar-refractivity contribution in [3.05, 3.63) is 0 Å². The third kappa shape index (κ3) is 9.47. The SMILES string of the molecule is CCCC/[C]=N/OCCCC. The Hall–Kier alpha value is -0.530. The molecular formula is C9H18NO. The number of nitrogens with zero attached hydrogens (tertiary/aromatic N) is 1. The van der Waals surface area contributed by atoms with Gasteiger partial charge in [0.25, 0.3) is 0 Å². The average molecular weight is 156 g/mol. The average Bonchev–Trinajstić information content (AvgIpc) is 2.03. The maximum Gasteiger partial charge on any atom is 0.117 e. The Labute approximate surface area is 69.6 Å². The van der Waals surface area contributed by atoms with Crippen molar-refractivity contribution in [2.75, 3.05) is 6.61 Å². The van der Waals surface area contributed by atoms with Crippen LogP contribution in [-0.2, 0) is 4.84 Å². The minimum atomic E-state index is 0.732. The van der Waals surface area contributed by atoms with Crippen LogP contribution >= 0.6 is 0 Å². The van der Waals surface area contributed by atoms with Crippen LogP contribution in [0, 0.1) is 0 Å². The summed E-state index contributed by atoms with van der Waals surface area (Å²) >= 11 is 0. The van der Waals surface area contributed by atoms with Crippen LogP contribution in [0.15, 0.2) is 5.16 Å². The quantitative estimate of drug-likeness (QED) is 0.315. The first kappa shape index (κ1) is 10.5. The lowest BCUT2D eigenvalue weighted by molar-refractivity contribution is 0.142. The molecule has 0 heterocycles. The van der Waals surface area contributed by atoms with Crippen molar-refractivity contribution in [2.24, 2.45) is 5.16 Å². The molecule has 0 unspecified atom stereocenters. The number of rotatable bonds is 7. The van der Waals surface area contributed by atoms with E-state index >= 15 is 0 Å². The fourth-order valence-electron chi connectivity index (χ4n) is 0.602. The largest absolute Gasteiger partial charge is 0.396 e. The lowest BCUT2D eigenvalue weighted by atomic mass is 10.3. The lowest BCUT2D eigenvalue weighted by Gasteiger charge is -1.94. The van der Waals surface area contributed by atoms with Crippen molar-refractivity contribution in [3.8, 4) is 0 Å². The molecule has 0 fully saturated rings. The fraction of sp³-hybridized carbons (Fsp3) is 0.889. The predicted molar refractivity (Wildman–Crippen MR) is 47.8 cm³/mol. The Balaban J connectivity index is 2.91. The molecule has 0 saturated carbocycles. The Morgan fingerprint density at radius 2 is 1.91 bits per heavy atom. The molecule has 2 nitrogen and oxygen atoms in total. The monoisotopic (exact) mass is 156 g/mol. The molecule has 0 spiro atoms. The van der Waals surface area contributed by atoms with E-state index in [2.05, 4.69) is 25.2 Å². The molecule has 1 radical (unpaired) electrons. The number of hydrogen-bond acceptors (Lipinski definition) is 2. The lowest BCUT2D eigenvalue weighted by Crippen LogP contribution is -1.86. The third-order valence-corrected chi connectivity index (χ3v) is 1.36. The Morgan fingerprint density at radius 1 is 1.18 bits per heavy atom. The van der Waals surface area contributed by atoms with Crippen LogP contribution in [-0.4, -0.2) is 12.8 Å². The number of unbranched alkanes of at least 4 members (excludes halogenated alkanes) is 3. The zero-order valence-electron chi connectivity index (χ0n) is 7.60. The highest BCUT2D eigenvalue weighted by Crippen LogP contribution is 1.91. The van der Waals surface area contributed by atoms with Crippen molar-refractivity contribution < 1.29 is 4.84 Å². The van der Waals surface area contributed by atoms with E-state index in [9.17, 15) is 0 Å². The van der Waals surface area contributed by atoms with Gasteiger partial charge in [0.15, 0.2) is 0 Å². The molecule has 0 aliphatic carbocycles. The first-order chi connectivity index (χ1) is 5.41. The van der Waals surface area contributed by atoms with E-state index in [4.69, 9.17) is 4.84 Å². The summed E-state index contributed by atoms with van der Waals surface area (Å²) in [7, 11) is 0. The van der Waals surface area contributed by atoms with Crippen molar-refractivity contribution in [1.29, 1.82) is 0 Å². The van der Waals surface area contributed by atoms with Gasteiger partial charge in [0, 0.05) is 0 Å². The van der Waals surface area contributed by atoms with E-state index < -0.39 is 0 Å². The molecule has 0 atom stereocenters. The standard InChI is InChI=1S/C9H18NO/c1-3-5-7-8-10-11-9-6-4-2/h3-7,9H2,1-2H3. The Kier molecular flexibility index (Phi) is 9.01. The minimum absolute atomic E-state index is 0.732. The molecule has 11 heavy (non-hydrogen) atoms. The topological polar surface area (TPSA) is 21.6 Å². The van der Waals surface area contributed by atoms with Gasteiger partial charge in [0.05, 0.1) is 0 Å². The molecular weight excluding hydrogens is 138 g/mol. The van der Waals surface area contributed by atoms with Crippen molar-refractivity contribution in [3.63, 3.8) is 0 Å². The van der Waals surface area contributed by atoms with Crippen LogP contribution in [0.5, 0.6) is 0 Å². The van der Waals surface area contributed by atoms with E-state index in [1.54, 1.807) is 0 Å². The molecule has 0 bridgehead atoms. The Morgan fingerprint density at radius 3 is 2.55 bits per heavy atom. The van der Waals surface area contributed by atoms with E-state index in [0.717, 1.165) is 32.3 Å². The van der Waals surface area contributed by atoms with Gasteiger partial charge in [-0.25, -0.2) is 0 Å². The van der Waals surface area contributed by atoms with E-state index in [-0.39, 0.29) is 0 Å². The maximum atomic E-state index is 4.93. The van der Waals surface area contributed by atoms with Gasteiger partial charge in [-0.15, -0.1) is 0 Å². The smallest absolute Gasteiger partial charge is 0.117 e. The first-order valence-electron chi connectivity index (χ1n) is 4.46. The third-order valence-electron chi connectivity index (χ3n) is 1.36. The summed E-state index contributed by atoms with van der Waals surface area (Å²) in [5.41, 5.74) is 0. The molecule has 0 aliphatic heterocycles. The highest BCUT2D eigenvalue weighted by atomic mass is 16.6. The highest BCUT2D eigenvalue weighted by Gasteiger charge is 1.82. The van der Waals surface area contributed by atoms with Crippen molar-refractivity contribution in [1.82, 2.24) is 0 Å². The molecule has 0 aromatic carbocycles. The van der Waals surface area contributed by atoms with E-state index in [0.29, 0.717) is 0 Å². The minimum Gasteiger partial charge on any atom is -0.396 e. The Bertz CT molecular complexity index is 91.6. The van der Waals surface area contributed by atoms with Gasteiger partial charge in [-0.05, 0) is 19.3 Å². The van der Waals surface area contributed by atoms with Gasteiger partial charge in [0.2, 0.25) is 0 Å². The summed E-state index contributed by atoms with van der Waals surface area (Å²) in [6.45, 7) is 5.02. The molecule has 0 amide bonds. The summed E-state index contributed by atoms with van der Waals surface area (Å²) in [5.74, 6) is 0. The molecule has 0 N–H and O–H groups in total. The molecule has 0 aromatic rings. The number of hydrogen-bond donors (Lipinski definition) is 0. The zero-order chi connectivity index (χ0) is 8.36. The van der Waals surface area contributed by atoms with Crippen molar-refractivity contribution in [2.45, 2.75) is 46.0 Å². The van der Waals surface area contributed by atoms with Crippen LogP contribution in [0.4, 0.5) is 0 Å². The predicted octanol–water partition coefficient (Wildman–Crippen LogP) is 2.86. The zero-order valence-corrected chi connectivity index (χ0v) is 7.60. The normalized spacial score (nSPS) is 10.7. The van der Waals surface area contributed by atoms with Gasteiger partial charge >= 0.3 is 0 Å². The van der Waals surface area contributed by atoms with E-state index in [1.165, 1.54) is 6.42 Å². The second-order valence-electron chi connectivity index (χ2n) is 2.54. The molecule has 2 heteroatoms. The second kappa shape index (κ2) is 9.47. The van der Waals surface area contributed by atoms with Gasteiger partial charge in [-0.2, -0.15) is 0 Å². The van der Waals surface area contributed by atoms with Crippen molar-refractivity contribution >= 4 is 6.21 Å². The van der Waals surface area contributed by atoms with Crippen LogP contribution in [0.1, 0.15) is 46.0 Å². The van der Waals surface area contributed by atoms with Gasteiger partial charge < -0.3 is 4.84 Å². The molecule has 65 valence electrons. The summed E-state index contributed by atoms with van der Waals surface area (Å²) in [5, 5.41) is 3.70. The molecule has 0 aromatic heterocycles. The first-order valence-corrected chi connectivity index (χ1v) is 4.46. The highest BCUT2D eigenvalue weighted by molar-refractivity contribution is 5.55. The summed E-state index contributed by atoms with van der Waals surface area (Å²) in [4.78, 5) is 4.93. The summed E-state index contributed by atoms with van der Waals surface area (Å²) < 4.78 is 0. The molecule has 0 rings (SSSR count). The van der Waals surface area contributed by atoms with Gasteiger partial charge in [-0.3, -0.25) is 0 Å². The van der Waals surface area contributed by atoms with Crippen LogP contribution in [0.25, 0.3) is 0 Å². The van der Waals surface area contributed by atoms with Gasteiger partial charge in [-0.1, -0.05) is 31.8 Å². The van der Waals surface area contributed by atoms with Gasteiger partial charge in [0.1, 0.15) is 12.8 Å². The van der Waals surface area contributed by atoms with E-state index in [1.807, 2.05) is 0 Å². The summed E-state index contributed by atoms with van der Waals surface area (Å²) in [6.07, 6.45) is 8.35. The summed E-state index contributed by atoms with van der Waals surface area (Å²) in [6, 6.07) is 0.